The van der Waals surface area contributed by atoms with Crippen LogP contribution in [-0.2, 0) is 4.79 Å². The highest BCUT2D eigenvalue weighted by atomic mass is 16.1. The van der Waals surface area contributed by atoms with Crippen molar-refractivity contribution >= 4 is 5.78 Å². The Balaban J connectivity index is 2.07. The van der Waals surface area contributed by atoms with E-state index in [1.807, 2.05) is 6.07 Å². The predicted molar refractivity (Wildman–Crippen MR) is 28.0 cm³/mol. The predicted octanol–water partition coefficient (Wildman–Crippen LogP) is 0.879. The fraction of sp³-hybridized carbons (Fsp3) is 0.667. The lowest BCUT2D eigenvalue weighted by atomic mass is 10.2. The highest BCUT2D eigenvalue weighted by Crippen LogP contribution is 2.28. The molecule has 0 aliphatic heterocycles. The lowest BCUT2D eigenvalue weighted by Gasteiger charge is -1.79. The number of ketones is 1. The molecule has 0 amide bonds. The average Bonchev–Trinajstić information content (AvgIpc) is 2.42. The fourth-order valence-electron chi connectivity index (χ4n) is 0.686. The molecule has 1 fully saturated rings. The molecule has 1 saturated carbocycles. The number of Topliss-reactive ketones (excluding diaryl/α,β-unsaturated/α-hetero) is 1. The number of nitriles is 1. The largest absolute Gasteiger partial charge is 0.299 e. The van der Waals surface area contributed by atoms with E-state index in [-0.39, 0.29) is 5.92 Å². The fourth-order valence-corrected chi connectivity index (χ4v) is 0.686. The Morgan fingerprint density at radius 3 is 2.88 bits per heavy atom. The minimum absolute atomic E-state index is 0.259. The first kappa shape index (κ1) is 5.30. The number of rotatable bonds is 2. The number of carbonyl (C=O) groups excluding carboxylic acids is 1. The van der Waals surface area contributed by atoms with E-state index < -0.39 is 0 Å². The summed E-state index contributed by atoms with van der Waals surface area (Å²) in [6.45, 7) is 0. The zero-order valence-corrected chi connectivity index (χ0v) is 4.55. The normalized spacial score (nSPS) is 24.9. The van der Waals surface area contributed by atoms with Gasteiger partial charge in [-0.25, -0.2) is 0 Å². The van der Waals surface area contributed by atoms with Gasteiger partial charge in [0.05, 0.1) is 6.07 Å². The van der Waals surface area contributed by atoms with Crippen molar-refractivity contribution in [2.45, 2.75) is 19.3 Å². The van der Waals surface area contributed by atoms with Gasteiger partial charge in [0.15, 0.2) is 0 Å². The first-order chi connectivity index (χ1) is 3.84. The molecule has 1 aliphatic rings. The third-order valence-electron chi connectivity index (χ3n) is 1.35. The highest BCUT2D eigenvalue weighted by Gasteiger charge is 2.33. The van der Waals surface area contributed by atoms with E-state index in [0.717, 1.165) is 12.8 Å². The maximum Gasteiger partial charge on any atom is 0.137 e. The molecular weight excluding hydrogens is 102 g/mol. The molecule has 0 aromatic rings. The van der Waals surface area contributed by atoms with Crippen molar-refractivity contribution < 1.29 is 4.79 Å². The van der Waals surface area contributed by atoms with Gasteiger partial charge in [-0.2, -0.15) is 5.26 Å². The van der Waals surface area contributed by atoms with Gasteiger partial charge in [-0.3, -0.25) is 4.79 Å². The Morgan fingerprint density at radius 1 is 1.88 bits per heavy atom. The first-order valence-electron chi connectivity index (χ1n) is 2.74. The molecule has 0 bridgehead atoms. The van der Waals surface area contributed by atoms with Gasteiger partial charge in [-0.05, 0) is 6.42 Å². The molecule has 42 valence electrons. The first-order valence-corrected chi connectivity index (χ1v) is 2.74. The minimum Gasteiger partial charge on any atom is -0.299 e. The maximum atomic E-state index is 10.3. The summed E-state index contributed by atoms with van der Waals surface area (Å²) in [5, 5.41) is 8.07. The summed E-state index contributed by atoms with van der Waals surface area (Å²) in [5.41, 5.74) is 0. The molecule has 1 aliphatic carbocycles. The summed E-state index contributed by atoms with van der Waals surface area (Å²) in [5.74, 6) is 0.592. The summed E-state index contributed by atoms with van der Waals surface area (Å²) in [4.78, 5) is 10.3. The van der Waals surface area contributed by atoms with Gasteiger partial charge in [-0.1, -0.05) is 0 Å². The highest BCUT2D eigenvalue weighted by molar-refractivity contribution is 5.95. The molecule has 1 rings (SSSR count). The molecule has 1 unspecified atom stereocenters. The second-order valence-electron chi connectivity index (χ2n) is 2.06. The smallest absolute Gasteiger partial charge is 0.137 e. The van der Waals surface area contributed by atoms with Crippen LogP contribution < -0.4 is 0 Å². The van der Waals surface area contributed by atoms with Crippen LogP contribution in [0.4, 0.5) is 0 Å². The Labute approximate surface area is 48.1 Å². The quantitative estimate of drug-likeness (QED) is 0.528. The third-order valence-corrected chi connectivity index (χ3v) is 1.35. The Hall–Kier alpha value is -0.840. The van der Waals surface area contributed by atoms with Gasteiger partial charge in [0, 0.05) is 18.8 Å². The van der Waals surface area contributed by atoms with E-state index in [4.69, 9.17) is 5.26 Å². The van der Waals surface area contributed by atoms with Gasteiger partial charge in [-0.15, -0.1) is 0 Å². The molecule has 0 spiro atoms. The summed E-state index contributed by atoms with van der Waals surface area (Å²) in [6.07, 6.45) is 2.05. The van der Waals surface area contributed by atoms with Crippen LogP contribution in [0.2, 0.25) is 0 Å². The van der Waals surface area contributed by atoms with E-state index in [2.05, 4.69) is 0 Å². The van der Waals surface area contributed by atoms with E-state index in [0.29, 0.717) is 12.2 Å². The average molecular weight is 109 g/mol. The van der Waals surface area contributed by atoms with Gasteiger partial charge in [0.25, 0.3) is 0 Å². The number of hydrogen-bond acceptors (Lipinski definition) is 2. The molecule has 2 nitrogen and oxygen atoms in total. The summed E-state index contributed by atoms with van der Waals surface area (Å²) < 4.78 is 0. The van der Waals surface area contributed by atoms with Crippen molar-refractivity contribution in [2.24, 2.45) is 5.92 Å². The molecule has 0 N–H and O–H groups in total. The molecular formula is C6H7NO. The van der Waals surface area contributed by atoms with Crippen LogP contribution in [0.5, 0.6) is 0 Å². The standard InChI is InChI=1S/C6H7NO/c7-3-1-2-5-4-6(5)8/h5H,1-2,4H2. The topological polar surface area (TPSA) is 40.9 Å². The van der Waals surface area contributed by atoms with Crippen LogP contribution in [0.15, 0.2) is 0 Å². The van der Waals surface area contributed by atoms with Crippen LogP contribution >= 0.6 is 0 Å². The van der Waals surface area contributed by atoms with Crippen molar-refractivity contribution in [2.75, 3.05) is 0 Å². The molecule has 0 aromatic heterocycles. The van der Waals surface area contributed by atoms with Crippen LogP contribution in [0.25, 0.3) is 0 Å². The Bertz CT molecular complexity index is 145. The summed E-state index contributed by atoms with van der Waals surface area (Å²) in [7, 11) is 0. The third kappa shape index (κ3) is 1.06. The van der Waals surface area contributed by atoms with Gasteiger partial charge >= 0.3 is 0 Å². The molecule has 0 radical (unpaired) electrons. The second-order valence-corrected chi connectivity index (χ2v) is 2.06. The molecule has 1 atom stereocenters. The van der Waals surface area contributed by atoms with Crippen LogP contribution in [-0.4, -0.2) is 5.78 Å². The van der Waals surface area contributed by atoms with Gasteiger partial charge < -0.3 is 0 Å². The zero-order valence-electron chi connectivity index (χ0n) is 4.55. The van der Waals surface area contributed by atoms with Crippen molar-refractivity contribution in [3.8, 4) is 6.07 Å². The SMILES string of the molecule is N#CCCC1CC1=O. The van der Waals surface area contributed by atoms with Crippen LogP contribution in [0.1, 0.15) is 19.3 Å². The molecule has 0 saturated heterocycles. The van der Waals surface area contributed by atoms with Gasteiger partial charge in [0.2, 0.25) is 0 Å². The number of hydrogen-bond donors (Lipinski definition) is 0. The van der Waals surface area contributed by atoms with E-state index >= 15 is 0 Å². The Morgan fingerprint density at radius 2 is 2.50 bits per heavy atom. The van der Waals surface area contributed by atoms with Crippen LogP contribution in [0.3, 0.4) is 0 Å². The minimum atomic E-state index is 0.259. The van der Waals surface area contributed by atoms with Crippen molar-refractivity contribution in [1.82, 2.24) is 0 Å². The lowest BCUT2D eigenvalue weighted by Crippen LogP contribution is -1.76. The van der Waals surface area contributed by atoms with Crippen molar-refractivity contribution in [1.29, 1.82) is 5.26 Å². The summed E-state index contributed by atoms with van der Waals surface area (Å²) >= 11 is 0. The molecule has 8 heavy (non-hydrogen) atoms. The molecule has 0 heterocycles. The maximum absolute atomic E-state index is 10.3. The zero-order chi connectivity index (χ0) is 5.98. The second kappa shape index (κ2) is 1.95. The molecule has 0 aromatic carbocycles. The van der Waals surface area contributed by atoms with Crippen molar-refractivity contribution in [3.05, 3.63) is 0 Å². The summed E-state index contributed by atoms with van der Waals surface area (Å²) in [6, 6.07) is 2.01. The monoisotopic (exact) mass is 109 g/mol. The number of nitrogens with zero attached hydrogens (tertiary/aromatic N) is 1. The number of carbonyl (C=O) groups is 1. The lowest BCUT2D eigenvalue weighted by molar-refractivity contribution is -0.111. The van der Waals surface area contributed by atoms with Crippen molar-refractivity contribution in [3.63, 3.8) is 0 Å². The molecule has 2 heteroatoms. The van der Waals surface area contributed by atoms with Crippen LogP contribution in [0, 0.1) is 17.2 Å². The Kier molecular flexibility index (Phi) is 1.29. The van der Waals surface area contributed by atoms with E-state index in [1.165, 1.54) is 0 Å². The van der Waals surface area contributed by atoms with E-state index in [9.17, 15) is 4.79 Å². The van der Waals surface area contributed by atoms with Gasteiger partial charge in [0.1, 0.15) is 5.78 Å². The van der Waals surface area contributed by atoms with E-state index in [1.54, 1.807) is 0 Å².